The summed E-state index contributed by atoms with van der Waals surface area (Å²) in [6, 6.07) is 0. The van der Waals surface area contributed by atoms with E-state index in [1.807, 2.05) is 13.8 Å². The summed E-state index contributed by atoms with van der Waals surface area (Å²) in [6.45, 7) is 8.26. The minimum Gasteiger partial charge on any atom is -0.747 e. The van der Waals surface area contributed by atoms with E-state index in [2.05, 4.69) is 13.8 Å². The standard InChI is InChI=1S/C20H38O7S.Na.H4Si/c1-5-9-11-16(7-3)14-26-19(21)13-18(28(23,24)25)20(22)27-15-17(8-4)12-10-6-2;;/h16-18H,5-15H2,1-4H3,(H,23,24,25);;1H4/q;+1;/p-1. The minimum atomic E-state index is -5.01. The molecule has 10 heteroatoms. The molecule has 0 amide bonds. The third kappa shape index (κ3) is 15.8. The second-order valence-corrected chi connectivity index (χ2v) is 8.89. The van der Waals surface area contributed by atoms with Crippen LogP contribution in [0.25, 0.3) is 0 Å². The molecular formula is C20H41NaO7SSi. The molecule has 0 aromatic heterocycles. The third-order valence-corrected chi connectivity index (χ3v) is 6.05. The number of hydrogen-bond acceptors (Lipinski definition) is 7. The molecule has 0 aliphatic rings. The van der Waals surface area contributed by atoms with Crippen LogP contribution in [0.1, 0.15) is 85.5 Å². The van der Waals surface area contributed by atoms with Crippen molar-refractivity contribution in [1.82, 2.24) is 0 Å². The van der Waals surface area contributed by atoms with Crippen LogP contribution in [-0.2, 0) is 29.2 Å². The first kappa shape index (κ1) is 34.7. The van der Waals surface area contributed by atoms with E-state index >= 15 is 0 Å². The normalized spacial score (nSPS) is 13.9. The van der Waals surface area contributed by atoms with Gasteiger partial charge < -0.3 is 14.0 Å². The van der Waals surface area contributed by atoms with Crippen LogP contribution in [0, 0.1) is 11.8 Å². The Bertz CT molecular complexity index is 557. The van der Waals surface area contributed by atoms with E-state index in [4.69, 9.17) is 9.47 Å². The van der Waals surface area contributed by atoms with E-state index in [9.17, 15) is 22.6 Å². The van der Waals surface area contributed by atoms with E-state index in [-0.39, 0.29) is 65.6 Å². The van der Waals surface area contributed by atoms with Crippen molar-refractivity contribution < 1.29 is 61.6 Å². The fourth-order valence-corrected chi connectivity index (χ4v) is 3.46. The molecule has 0 heterocycles. The van der Waals surface area contributed by atoms with Gasteiger partial charge in [0.25, 0.3) is 0 Å². The Morgan fingerprint density at radius 3 is 1.67 bits per heavy atom. The maximum atomic E-state index is 12.1. The van der Waals surface area contributed by atoms with Crippen LogP contribution in [0.4, 0.5) is 0 Å². The van der Waals surface area contributed by atoms with E-state index in [0.717, 1.165) is 51.4 Å². The Morgan fingerprint density at radius 1 is 0.867 bits per heavy atom. The Kier molecular flexibility index (Phi) is 22.8. The van der Waals surface area contributed by atoms with Gasteiger partial charge in [-0.15, -0.1) is 0 Å². The number of esters is 2. The Hall–Kier alpha value is 0.0669. The van der Waals surface area contributed by atoms with Gasteiger partial charge in [-0.1, -0.05) is 66.2 Å². The Morgan fingerprint density at radius 2 is 1.30 bits per heavy atom. The molecule has 0 bridgehead atoms. The number of unbranched alkanes of at least 4 members (excludes halogenated alkanes) is 2. The zero-order valence-electron chi connectivity index (χ0n) is 18.8. The van der Waals surface area contributed by atoms with Crippen molar-refractivity contribution in [2.45, 2.75) is 90.7 Å². The van der Waals surface area contributed by atoms with Crippen LogP contribution in [0.3, 0.4) is 0 Å². The molecule has 0 saturated heterocycles. The number of hydrogen-bond donors (Lipinski definition) is 0. The van der Waals surface area contributed by atoms with Crippen molar-refractivity contribution in [3.05, 3.63) is 0 Å². The molecule has 0 radical (unpaired) electrons. The molecule has 0 rings (SSSR count). The predicted octanol–water partition coefficient (Wildman–Crippen LogP) is -0.638. The molecule has 30 heavy (non-hydrogen) atoms. The van der Waals surface area contributed by atoms with Crippen molar-refractivity contribution in [1.29, 1.82) is 0 Å². The van der Waals surface area contributed by atoms with Crippen molar-refractivity contribution in [2.24, 2.45) is 11.8 Å². The van der Waals surface area contributed by atoms with Gasteiger partial charge in [-0.2, -0.15) is 0 Å². The van der Waals surface area contributed by atoms with Crippen LogP contribution in [0.2, 0.25) is 0 Å². The number of ether oxygens (including phenoxy) is 2. The topological polar surface area (TPSA) is 110 Å². The molecule has 0 aromatic rings. The first-order chi connectivity index (χ1) is 13.2. The molecular weight excluding hydrogens is 435 g/mol. The summed E-state index contributed by atoms with van der Waals surface area (Å²) >= 11 is 0. The summed E-state index contributed by atoms with van der Waals surface area (Å²) in [5.74, 6) is -1.74. The molecule has 0 aliphatic carbocycles. The first-order valence-corrected chi connectivity index (χ1v) is 11.9. The van der Waals surface area contributed by atoms with Gasteiger partial charge in [0.05, 0.1) is 19.6 Å². The number of rotatable bonds is 16. The maximum Gasteiger partial charge on any atom is 1.00 e. The summed E-state index contributed by atoms with van der Waals surface area (Å²) in [4.78, 5) is 24.1. The minimum absolute atomic E-state index is 0. The average Bonchev–Trinajstić information content (AvgIpc) is 2.65. The first-order valence-electron chi connectivity index (χ1n) is 10.5. The largest absolute Gasteiger partial charge is 1.00 e. The van der Waals surface area contributed by atoms with Gasteiger partial charge in [0.15, 0.2) is 5.25 Å². The Labute approximate surface area is 209 Å². The van der Waals surface area contributed by atoms with Gasteiger partial charge >= 0.3 is 41.5 Å². The quantitative estimate of drug-likeness (QED) is 0.166. The van der Waals surface area contributed by atoms with Gasteiger partial charge in [-0.25, -0.2) is 8.42 Å². The second kappa shape index (κ2) is 19.7. The molecule has 3 unspecified atom stereocenters. The van der Waals surface area contributed by atoms with Crippen LogP contribution in [0.15, 0.2) is 0 Å². The zero-order chi connectivity index (χ0) is 21.6. The molecule has 174 valence electrons. The Balaban J connectivity index is -0.00000364. The molecule has 7 nitrogen and oxygen atoms in total. The van der Waals surface area contributed by atoms with Crippen LogP contribution >= 0.6 is 0 Å². The maximum absolute atomic E-state index is 12.1. The van der Waals surface area contributed by atoms with Crippen molar-refractivity contribution in [2.75, 3.05) is 13.2 Å². The average molecular weight is 477 g/mol. The third-order valence-electron chi connectivity index (χ3n) is 4.99. The van der Waals surface area contributed by atoms with Crippen LogP contribution < -0.4 is 29.6 Å². The summed E-state index contributed by atoms with van der Waals surface area (Å²) < 4.78 is 44.6. The summed E-state index contributed by atoms with van der Waals surface area (Å²) in [6.07, 6.45) is 6.58. The molecule has 0 spiro atoms. The summed E-state index contributed by atoms with van der Waals surface area (Å²) in [5, 5.41) is -2.06. The fourth-order valence-electron chi connectivity index (χ4n) is 2.81. The van der Waals surface area contributed by atoms with Gasteiger partial charge in [-0.05, 0) is 35.6 Å². The van der Waals surface area contributed by atoms with Crippen LogP contribution in [-0.4, -0.2) is 54.3 Å². The monoisotopic (exact) mass is 476 g/mol. The van der Waals surface area contributed by atoms with Crippen LogP contribution in [0.5, 0.6) is 0 Å². The summed E-state index contributed by atoms with van der Waals surface area (Å²) in [5.41, 5.74) is 0. The summed E-state index contributed by atoms with van der Waals surface area (Å²) in [7, 11) is -5.01. The fraction of sp³-hybridized carbons (Fsp3) is 0.900. The van der Waals surface area contributed by atoms with E-state index < -0.39 is 33.7 Å². The SMILES string of the molecule is CCCCC(CC)COC(=O)CC(C(=O)OCC(CC)CCCC)S(=O)(=O)[O-].[Na+].[SiH4]. The zero-order valence-corrected chi connectivity index (χ0v) is 21.6. The molecule has 3 atom stereocenters. The van der Waals surface area contributed by atoms with Gasteiger partial charge in [0, 0.05) is 0 Å². The van der Waals surface area contributed by atoms with Gasteiger partial charge in [-0.3, -0.25) is 9.59 Å². The molecule has 0 fully saturated rings. The van der Waals surface area contributed by atoms with E-state index in [0.29, 0.717) is 0 Å². The van der Waals surface area contributed by atoms with Crippen molar-refractivity contribution in [3.63, 3.8) is 0 Å². The van der Waals surface area contributed by atoms with Crippen molar-refractivity contribution >= 4 is 33.0 Å². The van der Waals surface area contributed by atoms with E-state index in [1.54, 1.807) is 0 Å². The predicted molar refractivity (Wildman–Crippen MR) is 118 cm³/mol. The molecule has 0 aliphatic heterocycles. The smallest absolute Gasteiger partial charge is 0.747 e. The molecule has 0 N–H and O–H groups in total. The van der Waals surface area contributed by atoms with Crippen molar-refractivity contribution in [3.8, 4) is 0 Å². The van der Waals surface area contributed by atoms with Gasteiger partial charge in [0.2, 0.25) is 0 Å². The molecule has 0 aromatic carbocycles. The number of carbonyl (C=O) groups is 2. The second-order valence-electron chi connectivity index (χ2n) is 7.33. The number of carbonyl (C=O) groups excluding carboxylic acids is 2. The van der Waals surface area contributed by atoms with Gasteiger partial charge in [0.1, 0.15) is 10.1 Å². The molecule has 0 saturated carbocycles. The van der Waals surface area contributed by atoms with E-state index in [1.165, 1.54) is 0 Å².